The van der Waals surface area contributed by atoms with Crippen molar-refractivity contribution < 1.29 is 9.53 Å². The van der Waals surface area contributed by atoms with Crippen molar-refractivity contribution in [3.8, 4) is 5.75 Å². The van der Waals surface area contributed by atoms with Crippen LogP contribution in [-0.2, 0) is 4.79 Å². The topological polar surface area (TPSA) is 64.3 Å². The molecule has 4 nitrogen and oxygen atoms in total. The molecule has 1 aromatic carbocycles. The summed E-state index contributed by atoms with van der Waals surface area (Å²) in [7, 11) is 0. The molecule has 0 aliphatic carbocycles. The van der Waals surface area contributed by atoms with Crippen LogP contribution in [0, 0.1) is 0 Å². The first-order valence-corrected chi connectivity index (χ1v) is 6.28. The zero-order chi connectivity index (χ0) is 13.7. The Labute approximate surface area is 116 Å². The third kappa shape index (κ3) is 3.85. The Balaban J connectivity index is 2.92. The van der Waals surface area contributed by atoms with Gasteiger partial charge in [0.2, 0.25) is 0 Å². The molecule has 0 saturated heterocycles. The molecule has 0 aromatic heterocycles. The SMILES string of the molecule is CCNC(=O)C(C)Oc1cc(Cl)ccc1C(N)=S. The summed E-state index contributed by atoms with van der Waals surface area (Å²) in [6.45, 7) is 4.03. The highest BCUT2D eigenvalue weighted by Gasteiger charge is 2.16. The molecule has 1 rings (SSSR count). The molecule has 0 aliphatic heterocycles. The average molecular weight is 287 g/mol. The molecule has 18 heavy (non-hydrogen) atoms. The van der Waals surface area contributed by atoms with Crippen LogP contribution < -0.4 is 15.8 Å². The van der Waals surface area contributed by atoms with Crippen LogP contribution in [0.1, 0.15) is 19.4 Å². The van der Waals surface area contributed by atoms with E-state index < -0.39 is 6.10 Å². The van der Waals surface area contributed by atoms with Crippen molar-refractivity contribution in [1.29, 1.82) is 0 Å². The lowest BCUT2D eigenvalue weighted by molar-refractivity contribution is -0.127. The Morgan fingerprint density at radius 1 is 1.61 bits per heavy atom. The monoisotopic (exact) mass is 286 g/mol. The number of thiocarbonyl (C=S) groups is 1. The Morgan fingerprint density at radius 3 is 2.83 bits per heavy atom. The highest BCUT2D eigenvalue weighted by Crippen LogP contribution is 2.24. The maximum atomic E-state index is 11.6. The second-order valence-corrected chi connectivity index (χ2v) is 4.54. The number of likely N-dealkylation sites (N-methyl/N-ethyl adjacent to an activating group) is 1. The smallest absolute Gasteiger partial charge is 0.260 e. The van der Waals surface area contributed by atoms with Crippen LogP contribution in [0.25, 0.3) is 0 Å². The molecule has 98 valence electrons. The number of hydrogen-bond donors (Lipinski definition) is 2. The standard InChI is InChI=1S/C12H15ClN2O2S/c1-3-15-12(16)7(2)17-10-6-8(13)4-5-9(10)11(14)18/h4-7H,3H2,1-2H3,(H2,14,18)(H,15,16). The first-order chi connectivity index (χ1) is 8.45. The summed E-state index contributed by atoms with van der Waals surface area (Å²) in [6.07, 6.45) is -0.642. The van der Waals surface area contributed by atoms with E-state index in [0.29, 0.717) is 22.9 Å². The Morgan fingerprint density at radius 2 is 2.28 bits per heavy atom. The zero-order valence-electron chi connectivity index (χ0n) is 10.2. The third-order valence-electron chi connectivity index (χ3n) is 2.23. The van der Waals surface area contributed by atoms with Gasteiger partial charge in [0.1, 0.15) is 10.7 Å². The predicted octanol–water partition coefficient (Wildman–Crippen LogP) is 1.88. The molecule has 0 aliphatic rings. The molecule has 0 spiro atoms. The van der Waals surface area contributed by atoms with Gasteiger partial charge in [0.05, 0.1) is 5.56 Å². The summed E-state index contributed by atoms with van der Waals surface area (Å²) in [4.78, 5) is 11.8. The number of benzene rings is 1. The molecule has 0 fully saturated rings. The van der Waals surface area contributed by atoms with Gasteiger partial charge in [-0.05, 0) is 32.0 Å². The molecule has 1 unspecified atom stereocenters. The van der Waals surface area contributed by atoms with E-state index in [2.05, 4.69) is 5.32 Å². The lowest BCUT2D eigenvalue weighted by Gasteiger charge is -2.16. The van der Waals surface area contributed by atoms with E-state index in [4.69, 9.17) is 34.3 Å². The second-order valence-electron chi connectivity index (χ2n) is 3.66. The summed E-state index contributed by atoms with van der Waals surface area (Å²) in [5, 5.41) is 3.16. The van der Waals surface area contributed by atoms with Crippen LogP contribution in [0.15, 0.2) is 18.2 Å². The second kappa shape index (κ2) is 6.56. The van der Waals surface area contributed by atoms with Gasteiger partial charge in [-0.1, -0.05) is 23.8 Å². The molecule has 1 amide bonds. The lowest BCUT2D eigenvalue weighted by Crippen LogP contribution is -2.36. The van der Waals surface area contributed by atoms with Gasteiger partial charge in [0.15, 0.2) is 6.10 Å². The molecule has 3 N–H and O–H groups in total. The maximum absolute atomic E-state index is 11.6. The van der Waals surface area contributed by atoms with Crippen molar-refractivity contribution in [2.24, 2.45) is 5.73 Å². The highest BCUT2D eigenvalue weighted by atomic mass is 35.5. The molecule has 0 heterocycles. The number of nitrogens with two attached hydrogens (primary N) is 1. The summed E-state index contributed by atoms with van der Waals surface area (Å²) < 4.78 is 5.54. The fourth-order valence-corrected chi connectivity index (χ4v) is 1.69. The summed E-state index contributed by atoms with van der Waals surface area (Å²) in [5.41, 5.74) is 6.14. The van der Waals surface area contributed by atoms with Crippen LogP contribution in [0.4, 0.5) is 0 Å². The van der Waals surface area contributed by atoms with Crippen molar-refractivity contribution >= 4 is 34.7 Å². The van der Waals surface area contributed by atoms with Gasteiger partial charge in [-0.2, -0.15) is 0 Å². The van der Waals surface area contributed by atoms with Crippen LogP contribution in [-0.4, -0.2) is 23.5 Å². The number of amides is 1. The quantitative estimate of drug-likeness (QED) is 0.811. The van der Waals surface area contributed by atoms with E-state index in [9.17, 15) is 4.79 Å². The van der Waals surface area contributed by atoms with Gasteiger partial charge >= 0.3 is 0 Å². The normalized spacial score (nSPS) is 11.7. The van der Waals surface area contributed by atoms with Gasteiger partial charge in [-0.25, -0.2) is 0 Å². The lowest BCUT2D eigenvalue weighted by atomic mass is 10.2. The molecule has 0 bridgehead atoms. The first kappa shape index (κ1) is 14.7. The summed E-state index contributed by atoms with van der Waals surface area (Å²) >= 11 is 10.8. The summed E-state index contributed by atoms with van der Waals surface area (Å²) in [5.74, 6) is 0.208. The van der Waals surface area contributed by atoms with E-state index in [1.165, 1.54) is 0 Å². The number of ether oxygens (including phenoxy) is 1. The predicted molar refractivity (Wildman–Crippen MR) is 76.1 cm³/mol. The fraction of sp³-hybridized carbons (Fsp3) is 0.333. The molecule has 0 radical (unpaired) electrons. The van der Waals surface area contributed by atoms with Crippen LogP contribution in [0.5, 0.6) is 5.75 Å². The van der Waals surface area contributed by atoms with E-state index in [1.54, 1.807) is 25.1 Å². The minimum absolute atomic E-state index is 0.199. The van der Waals surface area contributed by atoms with Gasteiger partial charge < -0.3 is 15.8 Å². The van der Waals surface area contributed by atoms with Crippen molar-refractivity contribution in [3.63, 3.8) is 0 Å². The number of carbonyl (C=O) groups excluding carboxylic acids is 1. The number of rotatable bonds is 5. The van der Waals surface area contributed by atoms with Gasteiger partial charge in [0, 0.05) is 11.6 Å². The average Bonchev–Trinajstić information content (AvgIpc) is 2.28. The minimum Gasteiger partial charge on any atom is -0.480 e. The third-order valence-corrected chi connectivity index (χ3v) is 2.69. The largest absolute Gasteiger partial charge is 0.480 e. The number of halogens is 1. The van der Waals surface area contributed by atoms with Crippen LogP contribution in [0.2, 0.25) is 5.02 Å². The number of nitrogens with one attached hydrogen (secondary N) is 1. The zero-order valence-corrected chi connectivity index (χ0v) is 11.8. The number of hydrogen-bond acceptors (Lipinski definition) is 3. The van der Waals surface area contributed by atoms with Crippen LogP contribution in [0.3, 0.4) is 0 Å². The fourth-order valence-electron chi connectivity index (χ4n) is 1.36. The van der Waals surface area contributed by atoms with Crippen molar-refractivity contribution in [2.75, 3.05) is 6.54 Å². The molecule has 0 saturated carbocycles. The highest BCUT2D eigenvalue weighted by molar-refractivity contribution is 7.80. The van der Waals surface area contributed by atoms with Gasteiger partial charge in [-0.15, -0.1) is 0 Å². The number of carbonyl (C=O) groups is 1. The molecular formula is C12H15ClN2O2S. The molecular weight excluding hydrogens is 272 g/mol. The Kier molecular flexibility index (Phi) is 5.37. The molecule has 6 heteroatoms. The Hall–Kier alpha value is -1.33. The molecule has 1 aromatic rings. The van der Waals surface area contributed by atoms with Gasteiger partial charge in [-0.3, -0.25) is 4.79 Å². The van der Waals surface area contributed by atoms with E-state index in [1.807, 2.05) is 6.92 Å². The van der Waals surface area contributed by atoms with E-state index >= 15 is 0 Å². The van der Waals surface area contributed by atoms with Crippen molar-refractivity contribution in [2.45, 2.75) is 20.0 Å². The van der Waals surface area contributed by atoms with Crippen molar-refractivity contribution in [3.05, 3.63) is 28.8 Å². The first-order valence-electron chi connectivity index (χ1n) is 5.49. The van der Waals surface area contributed by atoms with E-state index in [0.717, 1.165) is 0 Å². The van der Waals surface area contributed by atoms with E-state index in [-0.39, 0.29) is 10.9 Å². The van der Waals surface area contributed by atoms with Crippen molar-refractivity contribution in [1.82, 2.24) is 5.32 Å². The summed E-state index contributed by atoms with van der Waals surface area (Å²) in [6, 6.07) is 4.93. The maximum Gasteiger partial charge on any atom is 0.260 e. The van der Waals surface area contributed by atoms with Gasteiger partial charge in [0.25, 0.3) is 5.91 Å². The van der Waals surface area contributed by atoms with Crippen LogP contribution >= 0.6 is 23.8 Å². The molecule has 1 atom stereocenters. The minimum atomic E-state index is -0.642. The Bertz CT molecular complexity index is 465.